The number of amides is 2. The summed E-state index contributed by atoms with van der Waals surface area (Å²) >= 11 is 0. The van der Waals surface area contributed by atoms with Gasteiger partial charge < -0.3 is 16.0 Å². The first-order chi connectivity index (χ1) is 7.06. The predicted octanol–water partition coefficient (Wildman–Crippen LogP) is -0.260. The largest absolute Gasteiger partial charge is 0.346 e. The molecular formula is C10H20ClN3O2. The molecule has 0 aromatic carbocycles. The lowest BCUT2D eigenvalue weighted by Gasteiger charge is -2.23. The van der Waals surface area contributed by atoms with Gasteiger partial charge in [-0.3, -0.25) is 9.59 Å². The van der Waals surface area contributed by atoms with Gasteiger partial charge in [0.15, 0.2) is 0 Å². The Bertz CT molecular complexity index is 260. The van der Waals surface area contributed by atoms with Crippen LogP contribution >= 0.6 is 12.4 Å². The van der Waals surface area contributed by atoms with Crippen LogP contribution in [0.1, 0.15) is 20.3 Å². The van der Waals surface area contributed by atoms with Crippen molar-refractivity contribution in [1.29, 1.82) is 0 Å². The zero-order chi connectivity index (χ0) is 11.4. The van der Waals surface area contributed by atoms with Crippen molar-refractivity contribution < 1.29 is 9.59 Å². The van der Waals surface area contributed by atoms with Gasteiger partial charge in [-0.1, -0.05) is 6.92 Å². The minimum absolute atomic E-state index is 0. The summed E-state index contributed by atoms with van der Waals surface area (Å²) in [5.74, 6) is 0.232. The smallest absolute Gasteiger partial charge is 0.242 e. The van der Waals surface area contributed by atoms with Crippen molar-refractivity contribution in [2.75, 3.05) is 19.6 Å². The summed E-state index contributed by atoms with van der Waals surface area (Å²) in [7, 11) is 0. The molecule has 5 nitrogen and oxygen atoms in total. The number of hydrogen-bond donors (Lipinski definition) is 2. The molecule has 0 spiro atoms. The molecule has 1 heterocycles. The zero-order valence-electron chi connectivity index (χ0n) is 9.73. The summed E-state index contributed by atoms with van der Waals surface area (Å²) in [6.45, 7) is 4.96. The van der Waals surface area contributed by atoms with Crippen molar-refractivity contribution in [3.8, 4) is 0 Å². The fourth-order valence-corrected chi connectivity index (χ4v) is 1.79. The van der Waals surface area contributed by atoms with Crippen LogP contribution in [0, 0.1) is 5.92 Å². The monoisotopic (exact) mass is 249 g/mol. The van der Waals surface area contributed by atoms with E-state index in [9.17, 15) is 9.59 Å². The Morgan fingerprint density at radius 2 is 2.06 bits per heavy atom. The maximum absolute atomic E-state index is 11.7. The number of rotatable bonds is 3. The molecule has 0 bridgehead atoms. The van der Waals surface area contributed by atoms with Gasteiger partial charge in [0.2, 0.25) is 11.8 Å². The summed E-state index contributed by atoms with van der Waals surface area (Å²) in [6, 6.07) is 0.271. The lowest BCUT2D eigenvalue weighted by atomic mass is 10.1. The summed E-state index contributed by atoms with van der Waals surface area (Å²) in [6.07, 6.45) is 1.04. The van der Waals surface area contributed by atoms with Crippen molar-refractivity contribution in [2.24, 2.45) is 11.7 Å². The predicted molar refractivity (Wildman–Crippen MR) is 64.3 cm³/mol. The molecule has 2 amide bonds. The van der Waals surface area contributed by atoms with Gasteiger partial charge in [-0.2, -0.15) is 0 Å². The molecule has 16 heavy (non-hydrogen) atoms. The fourth-order valence-electron chi connectivity index (χ4n) is 1.79. The van der Waals surface area contributed by atoms with Crippen LogP contribution in [0.25, 0.3) is 0 Å². The number of likely N-dealkylation sites (tertiary alicyclic amines) is 1. The highest BCUT2D eigenvalue weighted by molar-refractivity contribution is 5.86. The van der Waals surface area contributed by atoms with Gasteiger partial charge in [0.1, 0.15) is 0 Å². The van der Waals surface area contributed by atoms with Crippen LogP contribution in [0.3, 0.4) is 0 Å². The Morgan fingerprint density at radius 3 is 2.50 bits per heavy atom. The number of halogens is 1. The molecule has 2 atom stereocenters. The Balaban J connectivity index is 0.00000225. The van der Waals surface area contributed by atoms with E-state index in [1.165, 1.54) is 0 Å². The maximum Gasteiger partial charge on any atom is 0.242 e. The van der Waals surface area contributed by atoms with Crippen LogP contribution in [0.15, 0.2) is 0 Å². The van der Waals surface area contributed by atoms with Crippen LogP contribution < -0.4 is 11.1 Å². The average molecular weight is 250 g/mol. The van der Waals surface area contributed by atoms with Gasteiger partial charge in [0.25, 0.3) is 0 Å². The van der Waals surface area contributed by atoms with Gasteiger partial charge in [-0.05, 0) is 19.3 Å². The van der Waals surface area contributed by atoms with E-state index in [2.05, 4.69) is 12.2 Å². The minimum atomic E-state index is -0.289. The Morgan fingerprint density at radius 1 is 1.44 bits per heavy atom. The second kappa shape index (κ2) is 6.70. The zero-order valence-corrected chi connectivity index (χ0v) is 10.5. The van der Waals surface area contributed by atoms with E-state index in [0.717, 1.165) is 13.0 Å². The molecule has 3 N–H and O–H groups in total. The van der Waals surface area contributed by atoms with Crippen LogP contribution in [0.2, 0.25) is 0 Å². The standard InChI is InChI=1S/C10H19N3O2.ClH/c1-7-3-4-13(8(7)2)10(15)6-12-9(14)5-11;/h7-8H,3-6,11H2,1-2H3,(H,12,14);1H. The molecule has 1 aliphatic rings. The highest BCUT2D eigenvalue weighted by Gasteiger charge is 2.30. The van der Waals surface area contributed by atoms with Crippen LogP contribution in [-0.4, -0.2) is 42.4 Å². The molecule has 0 aromatic rings. The molecule has 6 heteroatoms. The van der Waals surface area contributed by atoms with Crippen molar-refractivity contribution in [2.45, 2.75) is 26.3 Å². The normalized spacial score (nSPS) is 23.8. The molecule has 0 aliphatic carbocycles. The quantitative estimate of drug-likeness (QED) is 0.724. The van der Waals surface area contributed by atoms with Gasteiger partial charge in [-0.15, -0.1) is 12.4 Å². The van der Waals surface area contributed by atoms with E-state index in [0.29, 0.717) is 5.92 Å². The highest BCUT2D eigenvalue weighted by atomic mass is 35.5. The Labute approximate surface area is 102 Å². The maximum atomic E-state index is 11.7. The van der Waals surface area contributed by atoms with E-state index in [1.807, 2.05) is 11.8 Å². The molecule has 2 unspecified atom stereocenters. The molecule has 0 radical (unpaired) electrons. The second-order valence-corrected chi connectivity index (χ2v) is 4.07. The highest BCUT2D eigenvalue weighted by Crippen LogP contribution is 2.22. The summed E-state index contributed by atoms with van der Waals surface area (Å²) in [4.78, 5) is 24.4. The Kier molecular flexibility index (Phi) is 6.36. The van der Waals surface area contributed by atoms with Crippen molar-refractivity contribution in [3.63, 3.8) is 0 Å². The van der Waals surface area contributed by atoms with Crippen molar-refractivity contribution in [3.05, 3.63) is 0 Å². The number of nitrogens with one attached hydrogen (secondary N) is 1. The number of nitrogens with zero attached hydrogens (tertiary/aromatic N) is 1. The van der Waals surface area contributed by atoms with Gasteiger partial charge in [0, 0.05) is 12.6 Å². The van der Waals surface area contributed by atoms with Gasteiger partial charge >= 0.3 is 0 Å². The fraction of sp³-hybridized carbons (Fsp3) is 0.800. The van der Waals surface area contributed by atoms with Crippen molar-refractivity contribution in [1.82, 2.24) is 10.2 Å². The SMILES string of the molecule is CC1CCN(C(=O)CNC(=O)CN)C1C.Cl. The molecule has 1 fully saturated rings. The molecule has 0 saturated carbocycles. The molecule has 1 rings (SSSR count). The first-order valence-corrected chi connectivity index (χ1v) is 5.32. The third-order valence-corrected chi connectivity index (χ3v) is 3.08. The number of carbonyl (C=O) groups excluding carboxylic acids is 2. The molecule has 0 aromatic heterocycles. The lowest BCUT2D eigenvalue weighted by molar-refractivity contribution is -0.133. The summed E-state index contributed by atoms with van der Waals surface area (Å²) < 4.78 is 0. The minimum Gasteiger partial charge on any atom is -0.346 e. The van der Waals surface area contributed by atoms with Crippen LogP contribution in [-0.2, 0) is 9.59 Å². The third-order valence-electron chi connectivity index (χ3n) is 3.08. The van der Waals surface area contributed by atoms with E-state index in [4.69, 9.17) is 5.73 Å². The van der Waals surface area contributed by atoms with Crippen LogP contribution in [0.5, 0.6) is 0 Å². The topological polar surface area (TPSA) is 75.4 Å². The van der Waals surface area contributed by atoms with E-state index < -0.39 is 0 Å². The average Bonchev–Trinajstić information content (AvgIpc) is 2.56. The van der Waals surface area contributed by atoms with Gasteiger partial charge in [0.05, 0.1) is 13.1 Å². The molecule has 1 aliphatic heterocycles. The number of carbonyl (C=O) groups is 2. The third kappa shape index (κ3) is 3.64. The second-order valence-electron chi connectivity index (χ2n) is 4.07. The Hall–Kier alpha value is -0.810. The van der Waals surface area contributed by atoms with E-state index >= 15 is 0 Å². The van der Waals surface area contributed by atoms with Crippen LogP contribution in [0.4, 0.5) is 0 Å². The number of hydrogen-bond acceptors (Lipinski definition) is 3. The van der Waals surface area contributed by atoms with E-state index in [1.54, 1.807) is 0 Å². The van der Waals surface area contributed by atoms with Crippen molar-refractivity contribution >= 4 is 24.2 Å². The van der Waals surface area contributed by atoms with Gasteiger partial charge in [-0.25, -0.2) is 0 Å². The van der Waals surface area contributed by atoms with E-state index in [-0.39, 0.29) is 43.4 Å². The first kappa shape index (κ1) is 15.2. The molecular weight excluding hydrogens is 230 g/mol. The molecule has 1 saturated heterocycles. The molecule has 94 valence electrons. The lowest BCUT2D eigenvalue weighted by Crippen LogP contribution is -2.43. The summed E-state index contributed by atoms with van der Waals surface area (Å²) in [5, 5.41) is 2.49. The first-order valence-electron chi connectivity index (χ1n) is 5.32. The number of nitrogens with two attached hydrogens (primary N) is 1. The summed E-state index contributed by atoms with van der Waals surface area (Å²) in [5.41, 5.74) is 5.12.